The lowest BCUT2D eigenvalue weighted by molar-refractivity contribution is 0.555. The zero-order chi connectivity index (χ0) is 10.7. The van der Waals surface area contributed by atoms with Crippen LogP contribution in [0, 0.1) is 11.6 Å². The molecule has 14 heavy (non-hydrogen) atoms. The second-order valence-corrected chi connectivity index (χ2v) is 7.24. The van der Waals surface area contributed by atoms with E-state index in [4.69, 9.17) is 11.6 Å². The van der Waals surface area contributed by atoms with Crippen molar-refractivity contribution in [3.8, 4) is 0 Å². The van der Waals surface area contributed by atoms with Gasteiger partial charge in [0.25, 0.3) is 0 Å². The third-order valence-corrected chi connectivity index (χ3v) is 5.15. The van der Waals surface area contributed by atoms with Crippen molar-refractivity contribution < 1.29 is 8.78 Å². The van der Waals surface area contributed by atoms with E-state index in [0.717, 1.165) is 0 Å². The predicted molar refractivity (Wildman–Crippen MR) is 58.7 cm³/mol. The first-order valence-electron chi connectivity index (χ1n) is 4.57. The Bertz CT molecular complexity index is 295. The predicted octanol–water partition coefficient (Wildman–Crippen LogP) is 3.31. The number of rotatable bonds is 3. The summed E-state index contributed by atoms with van der Waals surface area (Å²) in [6.45, 7) is 4.08. The van der Waals surface area contributed by atoms with Gasteiger partial charge in [-0.1, -0.05) is 19.2 Å². The fourth-order valence-corrected chi connectivity index (χ4v) is 4.02. The zero-order valence-corrected chi connectivity index (χ0v) is 10.1. The Balaban J connectivity index is 3.15. The summed E-state index contributed by atoms with van der Waals surface area (Å²) in [6, 6.07) is 3.95. The summed E-state index contributed by atoms with van der Waals surface area (Å²) >= 11 is 5.74. The molecular weight excluding hydrogens is 222 g/mol. The molecule has 0 amide bonds. The van der Waals surface area contributed by atoms with Gasteiger partial charge in [-0.3, -0.25) is 0 Å². The minimum absolute atomic E-state index is 0.127. The van der Waals surface area contributed by atoms with Crippen LogP contribution < -0.4 is 0 Å². The summed E-state index contributed by atoms with van der Waals surface area (Å²) < 4.78 is 26.7. The highest BCUT2D eigenvalue weighted by atomic mass is 35.5. The fourth-order valence-electron chi connectivity index (χ4n) is 1.45. The molecule has 0 aliphatic carbocycles. The van der Waals surface area contributed by atoms with Gasteiger partial charge in [-0.2, -0.15) is 0 Å². The summed E-state index contributed by atoms with van der Waals surface area (Å²) in [5, 5.41) is 0. The minimum atomic E-state index is -1.18. The van der Waals surface area contributed by atoms with E-state index in [9.17, 15) is 8.78 Å². The van der Waals surface area contributed by atoms with Gasteiger partial charge in [0, 0.05) is 20.2 Å². The number of halogens is 3. The van der Waals surface area contributed by atoms with E-state index < -0.39 is 20.4 Å². The average molecular weight is 235 g/mol. The Labute approximate surface area is 89.5 Å². The van der Waals surface area contributed by atoms with Crippen molar-refractivity contribution in [3.63, 3.8) is 0 Å². The van der Waals surface area contributed by atoms with Crippen molar-refractivity contribution in [1.82, 2.24) is 0 Å². The lowest BCUT2D eigenvalue weighted by Crippen LogP contribution is -2.20. The zero-order valence-electron chi connectivity index (χ0n) is 8.23. The third-order valence-electron chi connectivity index (χ3n) is 2.34. The Hall–Kier alpha value is -0.413. The van der Waals surface area contributed by atoms with Crippen molar-refractivity contribution in [2.24, 2.45) is 0 Å². The maximum atomic E-state index is 13.4. The van der Waals surface area contributed by atoms with E-state index in [-0.39, 0.29) is 11.1 Å². The molecule has 0 bridgehead atoms. The smallest absolute Gasteiger partial charge is 0.129 e. The fraction of sp³-hybridized carbons (Fsp3) is 0.400. The largest absolute Gasteiger partial charge is 0.207 e. The van der Waals surface area contributed by atoms with Crippen LogP contribution >= 0.6 is 11.6 Å². The van der Waals surface area contributed by atoms with Crippen LogP contribution in [-0.4, -0.2) is 14.7 Å². The average Bonchev–Trinajstić information content (AvgIpc) is 2.10. The Morgan fingerprint density at radius 3 is 2.14 bits per heavy atom. The van der Waals surface area contributed by atoms with Gasteiger partial charge in [0.1, 0.15) is 11.6 Å². The molecule has 0 nitrogen and oxygen atoms in total. The second-order valence-electron chi connectivity index (χ2n) is 3.64. The molecule has 1 aromatic carbocycles. The molecule has 0 fully saturated rings. The van der Waals surface area contributed by atoms with E-state index in [2.05, 4.69) is 0 Å². The highest BCUT2D eigenvalue weighted by Gasteiger charge is 2.22. The number of benzene rings is 1. The first kappa shape index (κ1) is 11.7. The molecule has 0 aliphatic heterocycles. The van der Waals surface area contributed by atoms with Gasteiger partial charge in [-0.15, -0.1) is 11.6 Å². The molecule has 0 saturated heterocycles. The van der Waals surface area contributed by atoms with Gasteiger partial charge >= 0.3 is 0 Å². The summed E-state index contributed by atoms with van der Waals surface area (Å²) in [4.78, 5) is 0. The summed E-state index contributed by atoms with van der Waals surface area (Å²) in [5.41, 5.74) is 0.0435. The quantitative estimate of drug-likeness (QED) is 0.556. The number of hydrogen-bond donors (Lipinski definition) is 0. The van der Waals surface area contributed by atoms with Crippen LogP contribution in [0.15, 0.2) is 18.2 Å². The van der Waals surface area contributed by atoms with Crippen LogP contribution in [0.3, 0.4) is 0 Å². The van der Waals surface area contributed by atoms with Crippen molar-refractivity contribution in [1.29, 1.82) is 0 Å². The highest BCUT2D eigenvalue weighted by molar-refractivity contribution is 6.58. The summed E-state index contributed by atoms with van der Waals surface area (Å²) in [7, 11) is -1.18. The van der Waals surface area contributed by atoms with E-state index in [1.165, 1.54) is 18.2 Å². The number of hydrogen-bond acceptors (Lipinski definition) is 0. The Morgan fingerprint density at radius 1 is 1.29 bits per heavy atom. The van der Waals surface area contributed by atoms with Gasteiger partial charge in [0.15, 0.2) is 0 Å². The van der Waals surface area contributed by atoms with Gasteiger partial charge in [0.2, 0.25) is 0 Å². The van der Waals surface area contributed by atoms with Gasteiger partial charge in [0.05, 0.1) is 0 Å². The van der Waals surface area contributed by atoms with E-state index in [0.29, 0.717) is 5.88 Å². The van der Waals surface area contributed by atoms with Crippen LogP contribution in [0.1, 0.15) is 11.1 Å². The van der Waals surface area contributed by atoms with Crippen LogP contribution in [-0.2, 0) is 0 Å². The molecule has 1 rings (SSSR count). The minimum Gasteiger partial charge on any atom is -0.207 e. The summed E-state index contributed by atoms with van der Waals surface area (Å²) in [6.07, 6.45) is 0. The van der Waals surface area contributed by atoms with E-state index in [1.54, 1.807) is 0 Å². The summed E-state index contributed by atoms with van der Waals surface area (Å²) in [5.74, 6) is -0.657. The third kappa shape index (κ3) is 2.33. The molecule has 78 valence electrons. The Morgan fingerprint density at radius 2 is 1.79 bits per heavy atom. The molecule has 1 atom stereocenters. The maximum Gasteiger partial charge on any atom is 0.129 e. The molecular formula is C10H13ClF2Si. The second kappa shape index (κ2) is 4.89. The van der Waals surface area contributed by atoms with Crippen LogP contribution in [0.25, 0.3) is 0 Å². The standard InChI is InChI=1S/C10H13ClF2Si/c1-14(2)9(6-11)10-7(12)4-3-5-8(10)13/h3-5,9,14H,6H2,1-2H3. The first-order valence-corrected chi connectivity index (χ1v) is 8.08. The molecule has 0 radical (unpaired) electrons. The van der Waals surface area contributed by atoms with Crippen molar-refractivity contribution in [3.05, 3.63) is 35.4 Å². The maximum absolute atomic E-state index is 13.4. The van der Waals surface area contributed by atoms with Gasteiger partial charge < -0.3 is 0 Å². The Kier molecular flexibility index (Phi) is 4.07. The van der Waals surface area contributed by atoms with Crippen LogP contribution in [0.2, 0.25) is 13.1 Å². The van der Waals surface area contributed by atoms with Crippen LogP contribution in [0.4, 0.5) is 8.78 Å². The first-order chi connectivity index (χ1) is 6.57. The molecule has 1 aromatic rings. The number of alkyl halides is 1. The van der Waals surface area contributed by atoms with Gasteiger partial charge in [-0.05, 0) is 17.7 Å². The molecule has 0 heterocycles. The van der Waals surface area contributed by atoms with Crippen molar-refractivity contribution in [2.75, 3.05) is 5.88 Å². The lowest BCUT2D eigenvalue weighted by atomic mass is 10.1. The van der Waals surface area contributed by atoms with Gasteiger partial charge in [-0.25, -0.2) is 8.78 Å². The van der Waals surface area contributed by atoms with Crippen molar-refractivity contribution >= 4 is 20.4 Å². The molecule has 0 saturated carbocycles. The lowest BCUT2D eigenvalue weighted by Gasteiger charge is -2.18. The normalized spacial score (nSPS) is 13.3. The monoisotopic (exact) mass is 234 g/mol. The van der Waals surface area contributed by atoms with E-state index >= 15 is 0 Å². The van der Waals surface area contributed by atoms with Crippen molar-refractivity contribution in [2.45, 2.75) is 18.6 Å². The molecule has 0 N–H and O–H groups in total. The molecule has 0 aromatic heterocycles. The molecule has 0 aliphatic rings. The molecule has 4 heteroatoms. The topological polar surface area (TPSA) is 0 Å². The van der Waals surface area contributed by atoms with E-state index in [1.807, 2.05) is 13.1 Å². The molecule has 1 unspecified atom stereocenters. The highest BCUT2D eigenvalue weighted by Crippen LogP contribution is 2.26. The van der Waals surface area contributed by atoms with Crippen LogP contribution in [0.5, 0.6) is 0 Å². The SMILES string of the molecule is C[SiH](C)C(CCl)c1c(F)cccc1F. The molecule has 0 spiro atoms.